The van der Waals surface area contributed by atoms with Crippen LogP contribution in [0.5, 0.6) is 0 Å². The van der Waals surface area contributed by atoms with Crippen molar-refractivity contribution in [2.45, 2.75) is 18.5 Å². The van der Waals surface area contributed by atoms with Crippen LogP contribution in [-0.4, -0.2) is 35.4 Å². The summed E-state index contributed by atoms with van der Waals surface area (Å²) in [5.74, 6) is -0.195. The van der Waals surface area contributed by atoms with Gasteiger partial charge in [0.15, 0.2) is 0 Å². The fraction of sp³-hybridized carbons (Fsp3) is 0.556. The van der Waals surface area contributed by atoms with Gasteiger partial charge < -0.3 is 10.1 Å². The van der Waals surface area contributed by atoms with E-state index >= 15 is 0 Å². The van der Waals surface area contributed by atoms with Gasteiger partial charge in [0.25, 0.3) is 0 Å². The van der Waals surface area contributed by atoms with Crippen molar-refractivity contribution < 1.29 is 9.53 Å². The van der Waals surface area contributed by atoms with Gasteiger partial charge in [-0.25, -0.2) is 0 Å². The van der Waals surface area contributed by atoms with Crippen molar-refractivity contribution in [3.8, 4) is 0 Å². The molecular weight excluding hydrogens is 182 g/mol. The zero-order valence-corrected chi connectivity index (χ0v) is 8.01. The summed E-state index contributed by atoms with van der Waals surface area (Å²) < 4.78 is 6.54. The lowest BCUT2D eigenvalue weighted by Gasteiger charge is -2.08. The smallest absolute Gasteiger partial charge is 0.322 e. The Labute approximate surface area is 82.0 Å². The van der Waals surface area contributed by atoms with Gasteiger partial charge in [0.1, 0.15) is 6.04 Å². The second-order valence-electron chi connectivity index (χ2n) is 3.36. The number of aromatic nitrogens is 2. The van der Waals surface area contributed by atoms with E-state index in [0.717, 1.165) is 13.0 Å². The quantitative estimate of drug-likeness (QED) is 0.673. The van der Waals surface area contributed by atoms with Crippen LogP contribution in [0.25, 0.3) is 0 Å². The molecule has 0 bridgehead atoms. The summed E-state index contributed by atoms with van der Waals surface area (Å²) in [6.07, 6.45) is 4.39. The molecule has 14 heavy (non-hydrogen) atoms. The molecule has 1 fully saturated rings. The molecule has 5 nitrogen and oxygen atoms in total. The van der Waals surface area contributed by atoms with Crippen molar-refractivity contribution in [1.29, 1.82) is 0 Å². The van der Waals surface area contributed by atoms with Crippen molar-refractivity contribution >= 4 is 5.97 Å². The number of carbonyl (C=O) groups is 1. The van der Waals surface area contributed by atoms with Crippen LogP contribution in [0.2, 0.25) is 0 Å². The normalized spacial score (nSPS) is 26.4. The van der Waals surface area contributed by atoms with Crippen molar-refractivity contribution in [2.24, 2.45) is 0 Å². The molecule has 1 N–H and O–H groups in total. The van der Waals surface area contributed by atoms with Crippen LogP contribution < -0.4 is 5.32 Å². The summed E-state index contributed by atoms with van der Waals surface area (Å²) in [4.78, 5) is 11.2. The van der Waals surface area contributed by atoms with Crippen LogP contribution in [0.4, 0.5) is 0 Å². The lowest BCUT2D eigenvalue weighted by Crippen LogP contribution is -2.31. The summed E-state index contributed by atoms with van der Waals surface area (Å²) in [6, 6.07) is 1.95. The molecule has 1 aliphatic rings. The molecule has 2 heterocycles. The Hall–Kier alpha value is -1.36. The predicted octanol–water partition coefficient (Wildman–Crippen LogP) is -0.0409. The first-order valence-electron chi connectivity index (χ1n) is 4.61. The first kappa shape index (κ1) is 9.21. The zero-order valence-electron chi connectivity index (χ0n) is 8.01. The van der Waals surface area contributed by atoms with Crippen LogP contribution in [0.3, 0.4) is 0 Å². The van der Waals surface area contributed by atoms with Gasteiger partial charge in [-0.2, -0.15) is 5.10 Å². The lowest BCUT2D eigenvalue weighted by atomic mass is 10.2. The molecule has 0 spiro atoms. The van der Waals surface area contributed by atoms with Crippen LogP contribution in [-0.2, 0) is 9.53 Å². The van der Waals surface area contributed by atoms with Gasteiger partial charge in [-0.1, -0.05) is 0 Å². The minimum Gasteiger partial charge on any atom is -0.468 e. The fourth-order valence-electron chi connectivity index (χ4n) is 1.74. The average Bonchev–Trinajstić information content (AvgIpc) is 2.86. The van der Waals surface area contributed by atoms with Gasteiger partial charge in [0.2, 0.25) is 0 Å². The fourth-order valence-corrected chi connectivity index (χ4v) is 1.74. The number of ether oxygens (including phenoxy) is 1. The van der Waals surface area contributed by atoms with Crippen LogP contribution >= 0.6 is 0 Å². The summed E-state index contributed by atoms with van der Waals surface area (Å²) in [7, 11) is 1.41. The summed E-state index contributed by atoms with van der Waals surface area (Å²) in [5, 5.41) is 7.25. The molecule has 1 aromatic rings. The zero-order chi connectivity index (χ0) is 9.97. The molecule has 1 saturated heterocycles. The molecule has 2 rings (SSSR count). The first-order chi connectivity index (χ1) is 6.81. The molecule has 0 saturated carbocycles. The number of rotatable bonds is 2. The van der Waals surface area contributed by atoms with E-state index in [4.69, 9.17) is 0 Å². The Balaban J connectivity index is 1.98. The van der Waals surface area contributed by atoms with Crippen molar-refractivity contribution in [3.63, 3.8) is 0 Å². The molecule has 76 valence electrons. The molecular formula is C9H13N3O2. The highest BCUT2D eigenvalue weighted by atomic mass is 16.5. The summed E-state index contributed by atoms with van der Waals surface area (Å²) in [6.45, 7) is 0.765. The maximum Gasteiger partial charge on any atom is 0.322 e. The van der Waals surface area contributed by atoms with Gasteiger partial charge in [0.05, 0.1) is 13.2 Å². The van der Waals surface area contributed by atoms with Gasteiger partial charge >= 0.3 is 5.97 Å². The SMILES string of the molecule is COC(=O)[C@H]1C[C@H](n2cccn2)CN1. The number of hydrogen-bond donors (Lipinski definition) is 1. The van der Waals surface area contributed by atoms with Gasteiger partial charge in [-0.3, -0.25) is 9.48 Å². The maximum absolute atomic E-state index is 11.2. The average molecular weight is 195 g/mol. The molecule has 5 heteroatoms. The predicted molar refractivity (Wildman–Crippen MR) is 49.7 cm³/mol. The molecule has 1 aromatic heterocycles. The van der Waals surface area contributed by atoms with E-state index in [1.807, 2.05) is 16.9 Å². The van der Waals surface area contributed by atoms with Gasteiger partial charge in [-0.05, 0) is 12.5 Å². The van der Waals surface area contributed by atoms with E-state index in [1.165, 1.54) is 7.11 Å². The van der Waals surface area contributed by atoms with Crippen molar-refractivity contribution in [1.82, 2.24) is 15.1 Å². The largest absolute Gasteiger partial charge is 0.468 e. The molecule has 1 aliphatic heterocycles. The van der Waals surface area contributed by atoms with E-state index in [-0.39, 0.29) is 18.1 Å². The van der Waals surface area contributed by atoms with Crippen LogP contribution in [0, 0.1) is 0 Å². The Bertz CT molecular complexity index is 310. The standard InChI is InChI=1S/C9H13N3O2/c1-14-9(13)8-5-7(6-10-8)12-4-2-3-11-12/h2-4,7-8,10H,5-6H2,1H3/t7-,8+/m0/s1. The molecule has 0 amide bonds. The van der Waals surface area contributed by atoms with E-state index in [0.29, 0.717) is 0 Å². The van der Waals surface area contributed by atoms with Crippen molar-refractivity contribution in [2.75, 3.05) is 13.7 Å². The number of hydrogen-bond acceptors (Lipinski definition) is 4. The highest BCUT2D eigenvalue weighted by Crippen LogP contribution is 2.18. The van der Waals surface area contributed by atoms with Crippen LogP contribution in [0.1, 0.15) is 12.5 Å². The Morgan fingerprint density at radius 2 is 2.57 bits per heavy atom. The second kappa shape index (κ2) is 3.79. The monoisotopic (exact) mass is 195 g/mol. The number of nitrogens with one attached hydrogen (secondary N) is 1. The molecule has 2 atom stereocenters. The van der Waals surface area contributed by atoms with Crippen LogP contribution in [0.15, 0.2) is 18.5 Å². The summed E-state index contributed by atoms with van der Waals surface area (Å²) >= 11 is 0. The number of methoxy groups -OCH3 is 1. The van der Waals surface area contributed by atoms with E-state index in [9.17, 15) is 4.79 Å². The Morgan fingerprint density at radius 1 is 1.71 bits per heavy atom. The molecule has 0 unspecified atom stereocenters. The second-order valence-corrected chi connectivity index (χ2v) is 3.36. The third-order valence-corrected chi connectivity index (χ3v) is 2.49. The Kier molecular flexibility index (Phi) is 2.49. The summed E-state index contributed by atoms with van der Waals surface area (Å²) in [5.41, 5.74) is 0. The van der Waals surface area contributed by atoms with E-state index in [1.54, 1.807) is 6.20 Å². The topological polar surface area (TPSA) is 56.2 Å². The maximum atomic E-state index is 11.2. The third kappa shape index (κ3) is 1.63. The molecule has 0 radical (unpaired) electrons. The van der Waals surface area contributed by atoms with Gasteiger partial charge in [-0.15, -0.1) is 0 Å². The molecule has 0 aromatic carbocycles. The molecule has 0 aliphatic carbocycles. The first-order valence-corrected chi connectivity index (χ1v) is 4.61. The number of esters is 1. The van der Waals surface area contributed by atoms with Gasteiger partial charge in [0, 0.05) is 18.9 Å². The highest BCUT2D eigenvalue weighted by molar-refractivity contribution is 5.76. The van der Waals surface area contributed by atoms with E-state index in [2.05, 4.69) is 15.2 Å². The van der Waals surface area contributed by atoms with E-state index < -0.39 is 0 Å². The minimum absolute atomic E-state index is 0.186. The number of nitrogens with zero attached hydrogens (tertiary/aromatic N) is 2. The Morgan fingerprint density at radius 3 is 3.21 bits per heavy atom. The minimum atomic E-state index is -0.195. The highest BCUT2D eigenvalue weighted by Gasteiger charge is 2.31. The third-order valence-electron chi connectivity index (χ3n) is 2.49. The number of carbonyl (C=O) groups excluding carboxylic acids is 1. The lowest BCUT2D eigenvalue weighted by molar-refractivity contribution is -0.142. The van der Waals surface area contributed by atoms with Crippen molar-refractivity contribution in [3.05, 3.63) is 18.5 Å².